The summed E-state index contributed by atoms with van der Waals surface area (Å²) in [4.78, 5) is 28.0. The Morgan fingerprint density at radius 1 is 0.903 bits per heavy atom. The van der Waals surface area contributed by atoms with Gasteiger partial charge in [-0.25, -0.2) is 0 Å². The lowest BCUT2D eigenvalue weighted by Gasteiger charge is -2.31. The average Bonchev–Trinajstić information content (AvgIpc) is 2.77. The summed E-state index contributed by atoms with van der Waals surface area (Å²) in [6.45, 7) is 2.33. The molecule has 0 spiro atoms. The van der Waals surface area contributed by atoms with Gasteiger partial charge in [0.05, 0.1) is 6.42 Å². The van der Waals surface area contributed by atoms with Crippen LogP contribution < -0.4 is 5.32 Å². The van der Waals surface area contributed by atoms with Crippen LogP contribution in [0.5, 0.6) is 0 Å². The minimum absolute atomic E-state index is 0.0925. The molecule has 0 heterocycles. The second-order valence-electron chi connectivity index (χ2n) is 7.63. The molecule has 0 aliphatic carbocycles. The van der Waals surface area contributed by atoms with E-state index in [1.807, 2.05) is 73.7 Å². The van der Waals surface area contributed by atoms with Crippen LogP contribution in [-0.2, 0) is 29.0 Å². The van der Waals surface area contributed by atoms with Gasteiger partial charge >= 0.3 is 0 Å². The number of amides is 2. The van der Waals surface area contributed by atoms with E-state index in [9.17, 15) is 9.59 Å². The van der Waals surface area contributed by atoms with E-state index < -0.39 is 6.04 Å². The highest BCUT2D eigenvalue weighted by Crippen LogP contribution is 2.18. The number of hydrogen-bond donors (Lipinski definition) is 1. The number of hydrogen-bond acceptors (Lipinski definition) is 2. The van der Waals surface area contributed by atoms with Crippen LogP contribution in [-0.4, -0.2) is 29.8 Å². The molecule has 0 saturated heterocycles. The Balaban J connectivity index is 1.93. The molecule has 3 aromatic carbocycles. The fraction of sp³-hybridized carbons (Fsp3) is 0.231. The summed E-state index contributed by atoms with van der Waals surface area (Å²) in [5, 5.41) is 3.37. The summed E-state index contributed by atoms with van der Waals surface area (Å²) in [7, 11) is 1.60. The predicted octanol–water partition coefficient (Wildman–Crippen LogP) is 4.58. The molecule has 0 aliphatic heterocycles. The number of nitrogens with one attached hydrogen (secondary N) is 1. The van der Waals surface area contributed by atoms with E-state index in [0.717, 1.165) is 22.3 Å². The van der Waals surface area contributed by atoms with Gasteiger partial charge in [-0.1, -0.05) is 83.9 Å². The highest BCUT2D eigenvalue weighted by Gasteiger charge is 2.29. The SMILES string of the molecule is CNC(=O)C(Cc1ccccc1)N(Cc1ccc(Cl)cc1)C(=O)Cc1cccc(C)c1. The molecule has 2 amide bonds. The second kappa shape index (κ2) is 10.8. The first-order chi connectivity index (χ1) is 15.0. The van der Waals surface area contributed by atoms with E-state index >= 15 is 0 Å². The van der Waals surface area contributed by atoms with Crippen molar-refractivity contribution in [2.24, 2.45) is 0 Å². The summed E-state index contributed by atoms with van der Waals surface area (Å²) in [6, 6.07) is 24.4. The predicted molar refractivity (Wildman–Crippen MR) is 125 cm³/mol. The Morgan fingerprint density at radius 3 is 2.23 bits per heavy atom. The molecule has 4 nitrogen and oxygen atoms in total. The molecule has 0 fully saturated rings. The zero-order valence-corrected chi connectivity index (χ0v) is 18.6. The Morgan fingerprint density at radius 2 is 1.58 bits per heavy atom. The van der Waals surface area contributed by atoms with E-state index in [1.54, 1.807) is 24.1 Å². The van der Waals surface area contributed by atoms with E-state index in [0.29, 0.717) is 18.0 Å². The van der Waals surface area contributed by atoms with Crippen LogP contribution in [0.3, 0.4) is 0 Å². The van der Waals surface area contributed by atoms with Crippen LogP contribution >= 0.6 is 11.6 Å². The molecule has 0 saturated carbocycles. The summed E-state index contributed by atoms with van der Waals surface area (Å²) in [5.41, 5.74) is 3.95. The Labute approximate surface area is 188 Å². The third-order valence-electron chi connectivity index (χ3n) is 5.22. The van der Waals surface area contributed by atoms with Gasteiger partial charge in [-0.2, -0.15) is 0 Å². The molecule has 1 atom stereocenters. The molecule has 0 radical (unpaired) electrons. The number of halogens is 1. The molecule has 1 N–H and O–H groups in total. The highest BCUT2D eigenvalue weighted by molar-refractivity contribution is 6.30. The molecular weight excluding hydrogens is 408 g/mol. The molecule has 3 rings (SSSR count). The molecule has 3 aromatic rings. The smallest absolute Gasteiger partial charge is 0.242 e. The van der Waals surface area contributed by atoms with E-state index in [-0.39, 0.29) is 18.2 Å². The summed E-state index contributed by atoms with van der Waals surface area (Å²) >= 11 is 6.03. The Bertz CT molecular complexity index is 1020. The standard InChI is InChI=1S/C26H27ClN2O2/c1-19-7-6-10-22(15-19)17-25(30)29(18-21-11-13-23(27)14-12-21)24(26(31)28-2)16-20-8-4-3-5-9-20/h3-15,24H,16-18H2,1-2H3,(H,28,31). The Kier molecular flexibility index (Phi) is 7.85. The van der Waals surface area contributed by atoms with Crippen LogP contribution in [0.1, 0.15) is 22.3 Å². The minimum atomic E-state index is -0.625. The van der Waals surface area contributed by atoms with Gasteiger partial charge in [0.2, 0.25) is 11.8 Å². The van der Waals surface area contributed by atoms with Crippen LogP contribution in [0.4, 0.5) is 0 Å². The van der Waals surface area contributed by atoms with Crippen molar-refractivity contribution in [1.82, 2.24) is 10.2 Å². The fourth-order valence-electron chi connectivity index (χ4n) is 3.61. The molecule has 160 valence electrons. The third kappa shape index (κ3) is 6.43. The lowest BCUT2D eigenvalue weighted by atomic mass is 10.0. The summed E-state index contributed by atoms with van der Waals surface area (Å²) < 4.78 is 0. The quantitative estimate of drug-likeness (QED) is 0.564. The molecule has 0 aromatic heterocycles. The van der Waals surface area contributed by atoms with Crippen LogP contribution in [0.25, 0.3) is 0 Å². The van der Waals surface area contributed by atoms with E-state index in [4.69, 9.17) is 11.6 Å². The maximum absolute atomic E-state index is 13.5. The molecule has 5 heteroatoms. The first-order valence-corrected chi connectivity index (χ1v) is 10.7. The second-order valence-corrected chi connectivity index (χ2v) is 8.07. The van der Waals surface area contributed by atoms with Gasteiger partial charge in [0, 0.05) is 25.0 Å². The van der Waals surface area contributed by atoms with Crippen molar-refractivity contribution in [2.75, 3.05) is 7.05 Å². The molecule has 31 heavy (non-hydrogen) atoms. The number of likely N-dealkylation sites (N-methyl/N-ethyl adjacent to an activating group) is 1. The van der Waals surface area contributed by atoms with Crippen molar-refractivity contribution in [3.8, 4) is 0 Å². The summed E-state index contributed by atoms with van der Waals surface area (Å²) in [6.07, 6.45) is 0.672. The average molecular weight is 435 g/mol. The highest BCUT2D eigenvalue weighted by atomic mass is 35.5. The van der Waals surface area contributed by atoms with Gasteiger partial charge in [-0.3, -0.25) is 9.59 Å². The zero-order valence-electron chi connectivity index (χ0n) is 17.8. The van der Waals surface area contributed by atoms with Crippen LogP contribution in [0.15, 0.2) is 78.9 Å². The molecule has 0 bridgehead atoms. The number of aryl methyl sites for hydroxylation is 1. The van der Waals surface area contributed by atoms with Gasteiger partial charge < -0.3 is 10.2 Å². The van der Waals surface area contributed by atoms with Crippen molar-refractivity contribution in [1.29, 1.82) is 0 Å². The Hall–Kier alpha value is -3.11. The van der Waals surface area contributed by atoms with Crippen LogP contribution in [0.2, 0.25) is 5.02 Å². The van der Waals surface area contributed by atoms with Gasteiger partial charge in [0.25, 0.3) is 0 Å². The lowest BCUT2D eigenvalue weighted by molar-refractivity contribution is -0.140. The van der Waals surface area contributed by atoms with Gasteiger partial charge in [-0.05, 0) is 35.7 Å². The normalized spacial score (nSPS) is 11.6. The minimum Gasteiger partial charge on any atom is -0.357 e. The number of benzene rings is 3. The van der Waals surface area contributed by atoms with E-state index in [1.165, 1.54) is 0 Å². The number of rotatable bonds is 8. The van der Waals surface area contributed by atoms with Crippen molar-refractivity contribution in [3.63, 3.8) is 0 Å². The fourth-order valence-corrected chi connectivity index (χ4v) is 3.73. The maximum Gasteiger partial charge on any atom is 0.242 e. The van der Waals surface area contributed by atoms with Gasteiger partial charge in [-0.15, -0.1) is 0 Å². The van der Waals surface area contributed by atoms with Gasteiger partial charge in [0.15, 0.2) is 0 Å². The van der Waals surface area contributed by atoms with Crippen molar-refractivity contribution in [3.05, 3.63) is 106 Å². The number of carbonyl (C=O) groups is 2. The van der Waals surface area contributed by atoms with Crippen molar-refractivity contribution >= 4 is 23.4 Å². The zero-order chi connectivity index (χ0) is 22.2. The molecule has 0 aliphatic rings. The summed E-state index contributed by atoms with van der Waals surface area (Å²) in [5.74, 6) is -0.277. The van der Waals surface area contributed by atoms with E-state index in [2.05, 4.69) is 5.32 Å². The first-order valence-electron chi connectivity index (χ1n) is 10.3. The molecular formula is C26H27ClN2O2. The first kappa shape index (κ1) is 22.6. The maximum atomic E-state index is 13.5. The third-order valence-corrected chi connectivity index (χ3v) is 5.47. The number of nitrogens with zero attached hydrogens (tertiary/aromatic N) is 1. The monoisotopic (exact) mass is 434 g/mol. The van der Waals surface area contributed by atoms with Gasteiger partial charge in [0.1, 0.15) is 6.04 Å². The number of carbonyl (C=O) groups excluding carboxylic acids is 2. The largest absolute Gasteiger partial charge is 0.357 e. The lowest BCUT2D eigenvalue weighted by Crippen LogP contribution is -2.50. The van der Waals surface area contributed by atoms with Crippen molar-refractivity contribution < 1.29 is 9.59 Å². The molecule has 1 unspecified atom stereocenters. The van der Waals surface area contributed by atoms with Crippen LogP contribution in [0, 0.1) is 6.92 Å². The van der Waals surface area contributed by atoms with Crippen molar-refractivity contribution in [2.45, 2.75) is 32.4 Å². The topological polar surface area (TPSA) is 49.4 Å².